The van der Waals surface area contributed by atoms with Gasteiger partial charge < -0.3 is 11.1 Å². The van der Waals surface area contributed by atoms with Crippen LogP contribution in [-0.4, -0.2) is 35.7 Å². The Hall–Kier alpha value is -2.21. The van der Waals surface area contributed by atoms with Gasteiger partial charge in [-0.15, -0.1) is 0 Å². The highest BCUT2D eigenvalue weighted by atomic mass is 16.2. The summed E-state index contributed by atoms with van der Waals surface area (Å²) in [4.78, 5) is 36.7. The summed E-state index contributed by atoms with van der Waals surface area (Å²) in [6, 6.07) is 3.98. The van der Waals surface area contributed by atoms with Crippen LogP contribution in [0.3, 0.4) is 0 Å². The van der Waals surface area contributed by atoms with Crippen molar-refractivity contribution in [3.8, 4) is 0 Å². The van der Waals surface area contributed by atoms with Crippen LogP contribution in [0.2, 0.25) is 0 Å². The molecule has 6 nitrogen and oxygen atoms in total. The van der Waals surface area contributed by atoms with Gasteiger partial charge in [0.2, 0.25) is 0 Å². The maximum absolute atomic E-state index is 12.1. The lowest BCUT2D eigenvalue weighted by atomic mass is 10.1. The number of hydrogen-bond acceptors (Lipinski definition) is 5. The first-order valence-electron chi connectivity index (χ1n) is 5.47. The van der Waals surface area contributed by atoms with E-state index >= 15 is 0 Å². The zero-order chi connectivity index (χ0) is 13.4. The molecule has 3 amide bonds. The van der Waals surface area contributed by atoms with Crippen molar-refractivity contribution < 1.29 is 14.4 Å². The Morgan fingerprint density at radius 1 is 1.33 bits per heavy atom. The molecule has 1 aromatic carbocycles. The Morgan fingerprint density at radius 3 is 2.56 bits per heavy atom. The van der Waals surface area contributed by atoms with Gasteiger partial charge in [0.1, 0.15) is 0 Å². The van der Waals surface area contributed by atoms with Crippen LogP contribution in [0.15, 0.2) is 18.2 Å². The highest BCUT2D eigenvalue weighted by Crippen LogP contribution is 2.27. The van der Waals surface area contributed by atoms with Gasteiger partial charge >= 0.3 is 0 Å². The number of nitrogens with zero attached hydrogens (tertiary/aromatic N) is 1. The number of carbonyl (C=O) groups is 3. The maximum atomic E-state index is 12.1. The standard InChI is InChI=1S/C12H13N3O3/c1-6(14-2)10(16)15-11(17)7-4-3-5-8(13)9(7)12(15)18/h3-6,14H,13H2,1-2H3. The smallest absolute Gasteiger partial charge is 0.270 e. The Bertz CT molecular complexity index is 553. The van der Waals surface area contributed by atoms with Crippen LogP contribution in [0.4, 0.5) is 5.69 Å². The van der Waals surface area contributed by atoms with E-state index in [-0.39, 0.29) is 16.8 Å². The number of fused-ring (bicyclic) bond motifs is 1. The van der Waals surface area contributed by atoms with Crippen molar-refractivity contribution in [1.29, 1.82) is 0 Å². The fraction of sp³-hybridized carbons (Fsp3) is 0.250. The summed E-state index contributed by atoms with van der Waals surface area (Å²) in [6.07, 6.45) is 0. The van der Waals surface area contributed by atoms with Gasteiger partial charge in [0.05, 0.1) is 17.2 Å². The molecule has 1 unspecified atom stereocenters. The van der Waals surface area contributed by atoms with Crippen molar-refractivity contribution in [2.24, 2.45) is 0 Å². The molecule has 0 bridgehead atoms. The number of benzene rings is 1. The van der Waals surface area contributed by atoms with Gasteiger partial charge in [-0.1, -0.05) is 6.07 Å². The van der Waals surface area contributed by atoms with Crippen LogP contribution >= 0.6 is 0 Å². The first kappa shape index (κ1) is 12.3. The molecule has 0 fully saturated rings. The highest BCUT2D eigenvalue weighted by molar-refractivity contribution is 6.31. The van der Waals surface area contributed by atoms with E-state index < -0.39 is 23.8 Å². The molecule has 0 radical (unpaired) electrons. The molecule has 3 N–H and O–H groups in total. The molecule has 0 saturated heterocycles. The monoisotopic (exact) mass is 247 g/mol. The summed E-state index contributed by atoms with van der Waals surface area (Å²) in [5.41, 5.74) is 6.16. The summed E-state index contributed by atoms with van der Waals surface area (Å²) in [6.45, 7) is 1.58. The molecular weight excluding hydrogens is 234 g/mol. The van der Waals surface area contributed by atoms with Gasteiger partial charge in [-0.25, -0.2) is 4.90 Å². The molecule has 1 heterocycles. The van der Waals surface area contributed by atoms with Crippen molar-refractivity contribution in [1.82, 2.24) is 10.2 Å². The highest BCUT2D eigenvalue weighted by Gasteiger charge is 2.42. The zero-order valence-corrected chi connectivity index (χ0v) is 10.1. The number of rotatable bonds is 2. The van der Waals surface area contributed by atoms with Crippen molar-refractivity contribution >= 4 is 23.4 Å². The van der Waals surface area contributed by atoms with E-state index in [1.807, 2.05) is 0 Å². The first-order valence-corrected chi connectivity index (χ1v) is 5.47. The molecule has 2 rings (SSSR count). The number of carbonyl (C=O) groups excluding carboxylic acids is 3. The number of hydrogen-bond donors (Lipinski definition) is 2. The molecule has 6 heteroatoms. The molecule has 0 aliphatic carbocycles. The number of nitrogen functional groups attached to an aromatic ring is 1. The van der Waals surface area contributed by atoms with Crippen molar-refractivity contribution in [2.75, 3.05) is 12.8 Å². The van der Waals surface area contributed by atoms with Gasteiger partial charge in [-0.2, -0.15) is 0 Å². The van der Waals surface area contributed by atoms with Crippen LogP contribution in [-0.2, 0) is 4.79 Å². The fourth-order valence-electron chi connectivity index (χ4n) is 1.83. The van der Waals surface area contributed by atoms with E-state index in [2.05, 4.69) is 5.32 Å². The Morgan fingerprint density at radius 2 is 2.00 bits per heavy atom. The van der Waals surface area contributed by atoms with Crippen LogP contribution in [0, 0.1) is 0 Å². The van der Waals surface area contributed by atoms with E-state index in [0.717, 1.165) is 0 Å². The molecular formula is C12H13N3O3. The topological polar surface area (TPSA) is 92.5 Å². The third-order valence-corrected chi connectivity index (χ3v) is 2.97. The number of amides is 3. The molecule has 1 aromatic rings. The average molecular weight is 247 g/mol. The second-order valence-electron chi connectivity index (χ2n) is 4.06. The van der Waals surface area contributed by atoms with E-state index in [0.29, 0.717) is 4.90 Å². The normalized spacial score (nSPS) is 15.8. The number of anilines is 1. The van der Waals surface area contributed by atoms with Crippen molar-refractivity contribution in [3.63, 3.8) is 0 Å². The van der Waals surface area contributed by atoms with Crippen LogP contribution < -0.4 is 11.1 Å². The van der Waals surface area contributed by atoms with Gasteiger partial charge in [0.25, 0.3) is 17.7 Å². The van der Waals surface area contributed by atoms with Crippen LogP contribution in [0.25, 0.3) is 0 Å². The quantitative estimate of drug-likeness (QED) is 0.567. The van der Waals surface area contributed by atoms with Crippen molar-refractivity contribution in [3.05, 3.63) is 29.3 Å². The molecule has 0 aromatic heterocycles. The zero-order valence-electron chi connectivity index (χ0n) is 10.1. The molecule has 18 heavy (non-hydrogen) atoms. The fourth-order valence-corrected chi connectivity index (χ4v) is 1.83. The predicted molar refractivity (Wildman–Crippen MR) is 64.9 cm³/mol. The average Bonchev–Trinajstić information content (AvgIpc) is 2.61. The maximum Gasteiger partial charge on any atom is 0.270 e. The van der Waals surface area contributed by atoms with E-state index in [1.54, 1.807) is 20.0 Å². The van der Waals surface area contributed by atoms with Gasteiger partial charge in [0.15, 0.2) is 0 Å². The van der Waals surface area contributed by atoms with E-state index in [9.17, 15) is 14.4 Å². The second kappa shape index (κ2) is 4.23. The minimum Gasteiger partial charge on any atom is -0.398 e. The lowest BCUT2D eigenvalue weighted by Gasteiger charge is -2.16. The first-order chi connectivity index (χ1) is 8.49. The molecule has 0 saturated carbocycles. The summed E-state index contributed by atoms with van der Waals surface area (Å²) < 4.78 is 0. The SMILES string of the molecule is CNC(C)C(=O)N1C(=O)c2cccc(N)c2C1=O. The number of imide groups is 3. The summed E-state index contributed by atoms with van der Waals surface area (Å²) >= 11 is 0. The summed E-state index contributed by atoms with van der Waals surface area (Å²) in [5, 5.41) is 2.70. The molecule has 94 valence electrons. The van der Waals surface area contributed by atoms with Crippen LogP contribution in [0.5, 0.6) is 0 Å². The lowest BCUT2D eigenvalue weighted by Crippen LogP contribution is -2.46. The summed E-state index contributed by atoms with van der Waals surface area (Å²) in [5.74, 6) is -1.85. The largest absolute Gasteiger partial charge is 0.398 e. The van der Waals surface area contributed by atoms with Gasteiger partial charge in [-0.3, -0.25) is 14.4 Å². The Labute approximate surface area is 104 Å². The Balaban J connectivity index is 2.47. The van der Waals surface area contributed by atoms with Crippen LogP contribution in [0.1, 0.15) is 27.6 Å². The Kier molecular flexibility index (Phi) is 2.88. The number of nitrogens with two attached hydrogens (primary N) is 1. The van der Waals surface area contributed by atoms with E-state index in [4.69, 9.17) is 5.73 Å². The predicted octanol–water partition coefficient (Wildman–Crippen LogP) is -0.000700. The minimum atomic E-state index is -0.653. The number of nitrogens with one attached hydrogen (secondary N) is 1. The van der Waals surface area contributed by atoms with Gasteiger partial charge in [0, 0.05) is 5.69 Å². The number of likely N-dealkylation sites (N-methyl/N-ethyl adjacent to an activating group) is 1. The molecule has 1 aliphatic heterocycles. The third kappa shape index (κ3) is 1.58. The third-order valence-electron chi connectivity index (χ3n) is 2.97. The van der Waals surface area contributed by atoms with E-state index in [1.165, 1.54) is 12.1 Å². The molecule has 1 atom stereocenters. The minimum absolute atomic E-state index is 0.110. The molecule has 1 aliphatic rings. The lowest BCUT2D eigenvalue weighted by molar-refractivity contribution is -0.127. The van der Waals surface area contributed by atoms with Crippen molar-refractivity contribution in [2.45, 2.75) is 13.0 Å². The molecule has 0 spiro atoms. The second-order valence-corrected chi connectivity index (χ2v) is 4.06. The summed E-state index contributed by atoms with van der Waals surface area (Å²) in [7, 11) is 1.58. The van der Waals surface area contributed by atoms with Gasteiger partial charge in [-0.05, 0) is 26.1 Å².